The van der Waals surface area contributed by atoms with E-state index < -0.39 is 0 Å². The summed E-state index contributed by atoms with van der Waals surface area (Å²) in [7, 11) is 0. The minimum atomic E-state index is -0.0795. The van der Waals surface area contributed by atoms with E-state index in [0.717, 1.165) is 54.3 Å². The SMILES string of the molecule is C=C(Nc1ccccc1)C(c1ccccc1)C1CCN(c2ccc(NC(=O)c3ccccc3CSc3ccccc3)cc2)CC1. The van der Waals surface area contributed by atoms with Crippen molar-refractivity contribution < 1.29 is 4.79 Å². The highest BCUT2D eigenvalue weighted by atomic mass is 32.2. The summed E-state index contributed by atoms with van der Waals surface area (Å²) in [6.07, 6.45) is 2.15. The zero-order valence-corrected chi connectivity index (χ0v) is 26.3. The van der Waals surface area contributed by atoms with Crippen molar-refractivity contribution in [1.82, 2.24) is 0 Å². The van der Waals surface area contributed by atoms with Gasteiger partial charge in [-0.3, -0.25) is 4.79 Å². The van der Waals surface area contributed by atoms with Crippen LogP contribution in [0, 0.1) is 5.92 Å². The molecule has 1 aliphatic rings. The summed E-state index contributed by atoms with van der Waals surface area (Å²) in [4.78, 5) is 16.9. The number of allylic oxidation sites excluding steroid dienone is 1. The summed E-state index contributed by atoms with van der Waals surface area (Å²) in [5.41, 5.74) is 7.15. The van der Waals surface area contributed by atoms with E-state index in [-0.39, 0.29) is 11.8 Å². The number of nitrogens with one attached hydrogen (secondary N) is 2. The lowest BCUT2D eigenvalue weighted by molar-refractivity contribution is 0.102. The number of hydrogen-bond donors (Lipinski definition) is 2. The fourth-order valence-electron chi connectivity index (χ4n) is 6.19. The molecule has 0 aliphatic carbocycles. The molecule has 5 heteroatoms. The largest absolute Gasteiger partial charge is 0.372 e. The normalized spacial score (nSPS) is 14.0. The van der Waals surface area contributed by atoms with Gasteiger partial charge in [-0.05, 0) is 84.5 Å². The van der Waals surface area contributed by atoms with Crippen LogP contribution in [-0.2, 0) is 5.75 Å². The summed E-state index contributed by atoms with van der Waals surface area (Å²) in [5.74, 6) is 1.39. The number of carbonyl (C=O) groups excluding carboxylic acids is 1. The van der Waals surface area contributed by atoms with Crippen molar-refractivity contribution >= 4 is 34.7 Å². The smallest absolute Gasteiger partial charge is 0.255 e. The van der Waals surface area contributed by atoms with Gasteiger partial charge >= 0.3 is 0 Å². The van der Waals surface area contributed by atoms with Crippen molar-refractivity contribution in [3.8, 4) is 0 Å². The van der Waals surface area contributed by atoms with Crippen molar-refractivity contribution in [2.45, 2.75) is 29.4 Å². The van der Waals surface area contributed by atoms with Gasteiger partial charge in [-0.2, -0.15) is 0 Å². The first kappa shape index (κ1) is 30.3. The Balaban J connectivity index is 1.07. The summed E-state index contributed by atoms with van der Waals surface area (Å²) < 4.78 is 0. The quantitative estimate of drug-likeness (QED) is 0.146. The summed E-state index contributed by atoms with van der Waals surface area (Å²) >= 11 is 1.74. The third kappa shape index (κ3) is 7.86. The van der Waals surface area contributed by atoms with E-state index in [1.54, 1.807) is 11.8 Å². The number of carbonyl (C=O) groups is 1. The molecule has 1 fully saturated rings. The Bertz CT molecular complexity index is 1680. The number of rotatable bonds is 11. The molecule has 45 heavy (non-hydrogen) atoms. The number of thioether (sulfide) groups is 1. The molecule has 1 unspecified atom stereocenters. The van der Waals surface area contributed by atoms with Crippen LogP contribution in [0.2, 0.25) is 0 Å². The second-order valence-electron chi connectivity index (χ2n) is 11.5. The Morgan fingerprint density at radius 3 is 1.98 bits per heavy atom. The van der Waals surface area contributed by atoms with Crippen LogP contribution in [0.1, 0.15) is 40.2 Å². The molecule has 4 nitrogen and oxygen atoms in total. The number of anilines is 3. The van der Waals surface area contributed by atoms with E-state index >= 15 is 0 Å². The first-order valence-corrected chi connectivity index (χ1v) is 16.6. The molecule has 5 aromatic carbocycles. The first-order chi connectivity index (χ1) is 22.1. The van der Waals surface area contributed by atoms with E-state index in [0.29, 0.717) is 11.5 Å². The zero-order chi connectivity index (χ0) is 30.8. The molecule has 0 spiro atoms. The van der Waals surface area contributed by atoms with Crippen LogP contribution < -0.4 is 15.5 Å². The Kier molecular flexibility index (Phi) is 9.98. The van der Waals surface area contributed by atoms with Crippen molar-refractivity contribution in [2.24, 2.45) is 5.92 Å². The number of para-hydroxylation sites is 1. The minimum Gasteiger partial charge on any atom is -0.372 e. The van der Waals surface area contributed by atoms with E-state index in [1.807, 2.05) is 72.8 Å². The summed E-state index contributed by atoms with van der Waals surface area (Å²) in [5, 5.41) is 6.70. The number of amides is 1. The van der Waals surface area contributed by atoms with Crippen LogP contribution in [0.25, 0.3) is 0 Å². The fraction of sp³-hybridized carbons (Fsp3) is 0.175. The van der Waals surface area contributed by atoms with Crippen molar-refractivity contribution in [1.29, 1.82) is 0 Å². The van der Waals surface area contributed by atoms with Crippen molar-refractivity contribution in [2.75, 3.05) is 28.6 Å². The molecular weight excluding hydrogens is 571 g/mol. The highest BCUT2D eigenvalue weighted by Crippen LogP contribution is 2.39. The molecule has 1 atom stereocenters. The van der Waals surface area contributed by atoms with Gasteiger partial charge in [-0.15, -0.1) is 11.8 Å². The van der Waals surface area contributed by atoms with Gasteiger partial charge in [0.2, 0.25) is 0 Å². The highest BCUT2D eigenvalue weighted by Gasteiger charge is 2.30. The number of piperidine rings is 1. The maximum absolute atomic E-state index is 13.3. The lowest BCUT2D eigenvalue weighted by Gasteiger charge is -2.38. The molecule has 1 heterocycles. The molecule has 1 aliphatic heterocycles. The maximum atomic E-state index is 13.3. The molecule has 1 saturated heterocycles. The minimum absolute atomic E-state index is 0.0795. The second-order valence-corrected chi connectivity index (χ2v) is 12.5. The average molecular weight is 610 g/mol. The standard InChI is InChI=1S/C40H39N3OS/c1-30(41-34-16-7-3-8-17-34)39(31-13-5-2-6-14-31)32-25-27-43(28-26-32)36-23-21-35(22-24-36)42-40(44)38-20-12-11-15-33(38)29-45-37-18-9-4-10-19-37/h2-24,32,39,41H,1,25-29H2,(H,42,44). The Labute approximate surface area is 271 Å². The highest BCUT2D eigenvalue weighted by molar-refractivity contribution is 7.98. The molecule has 5 aromatic rings. The van der Waals surface area contributed by atoms with Gasteiger partial charge in [-0.25, -0.2) is 0 Å². The van der Waals surface area contributed by atoms with Crippen molar-refractivity contribution in [3.63, 3.8) is 0 Å². The van der Waals surface area contributed by atoms with Crippen LogP contribution >= 0.6 is 11.8 Å². The molecule has 0 radical (unpaired) electrons. The molecule has 1 amide bonds. The van der Waals surface area contributed by atoms with Gasteiger partial charge in [0, 0.05) is 58.0 Å². The van der Waals surface area contributed by atoms with Gasteiger partial charge in [0.15, 0.2) is 0 Å². The van der Waals surface area contributed by atoms with E-state index in [2.05, 4.69) is 88.8 Å². The van der Waals surface area contributed by atoms with Gasteiger partial charge < -0.3 is 15.5 Å². The Hall–Kier alpha value is -4.74. The molecule has 226 valence electrons. The Morgan fingerprint density at radius 2 is 1.29 bits per heavy atom. The van der Waals surface area contributed by atoms with E-state index in [1.165, 1.54) is 16.1 Å². The second kappa shape index (κ2) is 14.8. The number of benzene rings is 5. The van der Waals surface area contributed by atoms with Crippen LogP contribution in [0.4, 0.5) is 17.1 Å². The lowest BCUT2D eigenvalue weighted by atomic mass is 9.78. The van der Waals surface area contributed by atoms with Crippen LogP contribution in [0.5, 0.6) is 0 Å². The summed E-state index contributed by atoms with van der Waals surface area (Å²) in [6.45, 7) is 6.46. The third-order valence-corrected chi connectivity index (χ3v) is 9.57. The third-order valence-electron chi connectivity index (χ3n) is 8.51. The van der Waals surface area contributed by atoms with Crippen LogP contribution in [-0.4, -0.2) is 19.0 Å². The summed E-state index contributed by atoms with van der Waals surface area (Å²) in [6, 6.07) is 47.5. The van der Waals surface area contributed by atoms with Crippen molar-refractivity contribution in [3.05, 3.63) is 168 Å². The van der Waals surface area contributed by atoms with Gasteiger partial charge in [-0.1, -0.05) is 91.5 Å². The van der Waals surface area contributed by atoms with E-state index in [4.69, 9.17) is 0 Å². The average Bonchev–Trinajstić information content (AvgIpc) is 3.10. The lowest BCUT2D eigenvalue weighted by Crippen LogP contribution is -2.36. The maximum Gasteiger partial charge on any atom is 0.255 e. The zero-order valence-electron chi connectivity index (χ0n) is 25.4. The topological polar surface area (TPSA) is 44.4 Å². The molecule has 0 bridgehead atoms. The molecular formula is C40H39N3OS. The monoisotopic (exact) mass is 609 g/mol. The molecule has 2 N–H and O–H groups in total. The van der Waals surface area contributed by atoms with Gasteiger partial charge in [0.1, 0.15) is 0 Å². The molecule has 6 rings (SSSR count). The van der Waals surface area contributed by atoms with E-state index in [9.17, 15) is 4.79 Å². The predicted molar refractivity (Wildman–Crippen MR) is 190 cm³/mol. The van der Waals surface area contributed by atoms with Gasteiger partial charge in [0.25, 0.3) is 5.91 Å². The fourth-order valence-corrected chi connectivity index (χ4v) is 7.12. The molecule has 0 aromatic heterocycles. The van der Waals surface area contributed by atoms with Crippen LogP contribution in [0.3, 0.4) is 0 Å². The molecule has 0 saturated carbocycles. The number of nitrogens with zero attached hydrogens (tertiary/aromatic N) is 1. The Morgan fingerprint density at radius 1 is 0.711 bits per heavy atom. The van der Waals surface area contributed by atoms with Crippen LogP contribution in [0.15, 0.2) is 157 Å². The first-order valence-electron chi connectivity index (χ1n) is 15.6. The van der Waals surface area contributed by atoms with Gasteiger partial charge in [0.05, 0.1) is 0 Å². The predicted octanol–water partition coefficient (Wildman–Crippen LogP) is 9.86. The number of hydrogen-bond acceptors (Lipinski definition) is 4.